The van der Waals surface area contributed by atoms with E-state index in [1.165, 1.54) is 52.9 Å². The highest BCUT2D eigenvalue weighted by molar-refractivity contribution is 7.98. The highest BCUT2D eigenvalue weighted by atomic mass is 32.2. The molecule has 0 aromatic carbocycles. The molecule has 6 aromatic heterocycles. The molecule has 0 aliphatic heterocycles. The summed E-state index contributed by atoms with van der Waals surface area (Å²) in [4.78, 5) is 58.9. The molecule has 14 nitrogen and oxygen atoms in total. The Kier molecular flexibility index (Phi) is 10.3. The van der Waals surface area contributed by atoms with Crippen molar-refractivity contribution < 1.29 is 39.2 Å². The third-order valence-corrected chi connectivity index (χ3v) is 8.12. The van der Waals surface area contributed by atoms with E-state index in [2.05, 4.69) is 29.9 Å². The summed E-state index contributed by atoms with van der Waals surface area (Å²) in [6.07, 6.45) is 1.79. The minimum Gasteiger partial charge on any atom is -0.479 e. The molecule has 0 saturated carbocycles. The van der Waals surface area contributed by atoms with Crippen LogP contribution < -0.4 is 9.47 Å². The molecule has 0 spiro atoms. The van der Waals surface area contributed by atoms with Gasteiger partial charge in [0.1, 0.15) is 36.1 Å². The number of methoxy groups -OCH3 is 1. The Labute approximate surface area is 258 Å². The molecule has 0 saturated heterocycles. The number of rotatable bonds is 7. The molecule has 43 heavy (non-hydrogen) atoms. The zero-order valence-electron chi connectivity index (χ0n) is 22.4. The first-order valence-electron chi connectivity index (χ1n) is 11.8. The number of aromatic carboxylic acids is 3. The number of hydrogen-bond donors (Lipinski definition) is 3. The quantitative estimate of drug-likeness (QED) is 0.186. The lowest BCUT2D eigenvalue weighted by Gasteiger charge is -2.04. The topological polar surface area (TPSA) is 208 Å². The molecule has 6 heterocycles. The van der Waals surface area contributed by atoms with Crippen molar-refractivity contribution in [2.45, 2.75) is 11.9 Å². The van der Waals surface area contributed by atoms with Crippen molar-refractivity contribution in [3.8, 4) is 11.8 Å². The van der Waals surface area contributed by atoms with Gasteiger partial charge in [-0.1, -0.05) is 0 Å². The zero-order chi connectivity index (χ0) is 31.1. The van der Waals surface area contributed by atoms with Gasteiger partial charge in [-0.15, -0.1) is 45.8 Å². The van der Waals surface area contributed by atoms with Crippen molar-refractivity contribution >= 4 is 94.7 Å². The van der Waals surface area contributed by atoms with E-state index in [1.54, 1.807) is 36.8 Å². The molecule has 0 atom stereocenters. The summed E-state index contributed by atoms with van der Waals surface area (Å²) in [7, 11) is 1.37. The zero-order valence-corrected chi connectivity index (χ0v) is 25.6. The van der Waals surface area contributed by atoms with Gasteiger partial charge in [0.15, 0.2) is 5.69 Å². The molecule has 6 rings (SSSR count). The van der Waals surface area contributed by atoms with Crippen molar-refractivity contribution in [3.05, 3.63) is 51.4 Å². The minimum absolute atomic E-state index is 0.0309. The fraction of sp³-hybridized carbons (Fsp3) is 0.160. The number of thiophene rings is 3. The number of fused-ring (bicyclic) bond motifs is 3. The van der Waals surface area contributed by atoms with Crippen LogP contribution in [-0.4, -0.2) is 83.1 Å². The maximum atomic E-state index is 10.9. The molecule has 3 N–H and O–H groups in total. The summed E-state index contributed by atoms with van der Waals surface area (Å²) >= 11 is 5.54. The van der Waals surface area contributed by atoms with Crippen molar-refractivity contribution in [3.63, 3.8) is 0 Å². The van der Waals surface area contributed by atoms with E-state index in [-0.39, 0.29) is 28.8 Å². The molecule has 0 fully saturated rings. The maximum Gasteiger partial charge on any atom is 0.360 e. The highest BCUT2D eigenvalue weighted by Gasteiger charge is 2.18. The predicted molar refractivity (Wildman–Crippen MR) is 163 cm³/mol. The van der Waals surface area contributed by atoms with E-state index < -0.39 is 17.9 Å². The van der Waals surface area contributed by atoms with Gasteiger partial charge in [0.25, 0.3) is 0 Å². The Balaban J connectivity index is 0.000000148. The SMILES string of the molecule is CCOc1nc2sccc2nc1C(=O)O.COc1nc2sccc2nc1C(=O)O.CSc1nc2sccc2nc1C(=O)O. The van der Waals surface area contributed by atoms with Crippen LogP contribution in [0, 0.1) is 0 Å². The van der Waals surface area contributed by atoms with Crippen LogP contribution in [0.1, 0.15) is 38.4 Å². The number of nitrogens with zero attached hydrogens (tertiary/aromatic N) is 6. The van der Waals surface area contributed by atoms with Gasteiger partial charge in [-0.2, -0.15) is 9.97 Å². The molecular weight excluding hydrogens is 641 g/mol. The van der Waals surface area contributed by atoms with E-state index in [4.69, 9.17) is 24.8 Å². The largest absolute Gasteiger partial charge is 0.479 e. The standard InChI is InChI=1S/C9H8N2O3S.C8H6N2O3S.C8H6N2O2S2/c1-2-14-7-6(9(12)13)10-5-3-4-15-8(5)11-7;1-13-6-5(8(11)12)9-4-2-3-14-7(4)10-6;1-13-7-5(8(11)12)9-4-2-3-14-6(4)10-7/h3-4H,2H2,1H3,(H,12,13);2*2-3H,1H3,(H,11,12). The number of thioether (sulfide) groups is 1. The number of carbonyl (C=O) groups is 3. The Morgan fingerprint density at radius 2 is 1.12 bits per heavy atom. The van der Waals surface area contributed by atoms with Gasteiger partial charge in [-0.25, -0.2) is 34.3 Å². The van der Waals surface area contributed by atoms with Crippen molar-refractivity contribution in [1.29, 1.82) is 0 Å². The van der Waals surface area contributed by atoms with Gasteiger partial charge in [0.05, 0.1) is 13.7 Å². The van der Waals surface area contributed by atoms with Crippen molar-refractivity contribution in [1.82, 2.24) is 29.9 Å². The fourth-order valence-electron chi connectivity index (χ4n) is 3.27. The van der Waals surface area contributed by atoms with Gasteiger partial charge in [0, 0.05) is 0 Å². The summed E-state index contributed by atoms with van der Waals surface area (Å²) in [5.41, 5.74) is 1.55. The van der Waals surface area contributed by atoms with Crippen molar-refractivity contribution in [2.24, 2.45) is 0 Å². The second kappa shape index (κ2) is 14.1. The summed E-state index contributed by atoms with van der Waals surface area (Å²) in [6, 6.07) is 5.22. The first kappa shape index (κ1) is 31.4. The lowest BCUT2D eigenvalue weighted by atomic mass is 10.4. The Bertz CT molecular complexity index is 1850. The number of aromatic nitrogens is 6. The van der Waals surface area contributed by atoms with Crippen LogP contribution in [0.3, 0.4) is 0 Å². The van der Waals surface area contributed by atoms with Gasteiger partial charge < -0.3 is 24.8 Å². The maximum absolute atomic E-state index is 10.9. The molecule has 222 valence electrons. The van der Waals surface area contributed by atoms with E-state index in [1.807, 2.05) is 10.8 Å². The third-order valence-electron chi connectivity index (χ3n) is 5.06. The minimum atomic E-state index is -1.14. The van der Waals surface area contributed by atoms with Gasteiger partial charge >= 0.3 is 17.9 Å². The average molecular weight is 661 g/mol. The van der Waals surface area contributed by atoms with Crippen LogP contribution in [-0.2, 0) is 0 Å². The van der Waals surface area contributed by atoms with Gasteiger partial charge in [-0.3, -0.25) is 0 Å². The third kappa shape index (κ3) is 7.28. The Morgan fingerprint density at radius 1 is 0.698 bits per heavy atom. The number of carboxylic acids is 3. The predicted octanol–water partition coefficient (Wildman–Crippen LogP) is 5.30. The van der Waals surface area contributed by atoms with E-state index in [0.717, 1.165) is 4.83 Å². The molecule has 0 unspecified atom stereocenters. The molecule has 18 heteroatoms. The van der Waals surface area contributed by atoms with Gasteiger partial charge in [-0.05, 0) is 47.5 Å². The summed E-state index contributed by atoms with van der Waals surface area (Å²) in [5, 5.41) is 32.5. The van der Waals surface area contributed by atoms with Crippen LogP contribution in [0.4, 0.5) is 0 Å². The van der Waals surface area contributed by atoms with Crippen LogP contribution >= 0.6 is 45.8 Å². The molecule has 6 aromatic rings. The van der Waals surface area contributed by atoms with Crippen LogP contribution in [0.15, 0.2) is 39.4 Å². The van der Waals surface area contributed by atoms with Crippen LogP contribution in [0.5, 0.6) is 11.8 Å². The summed E-state index contributed by atoms with van der Waals surface area (Å²) in [6.45, 7) is 2.14. The molecule has 0 amide bonds. The second-order valence-corrected chi connectivity index (χ2v) is 11.2. The fourth-order valence-corrected chi connectivity index (χ4v) is 5.93. The molecule has 0 radical (unpaired) electrons. The number of ether oxygens (including phenoxy) is 2. The van der Waals surface area contributed by atoms with Crippen LogP contribution in [0.2, 0.25) is 0 Å². The van der Waals surface area contributed by atoms with Crippen molar-refractivity contribution in [2.75, 3.05) is 20.0 Å². The Morgan fingerprint density at radius 3 is 1.53 bits per heavy atom. The molecule has 0 bridgehead atoms. The van der Waals surface area contributed by atoms with E-state index >= 15 is 0 Å². The number of hydrogen-bond acceptors (Lipinski definition) is 15. The number of carboxylic acid groups (broad SMARTS) is 3. The first-order chi connectivity index (χ1) is 20.7. The molecule has 0 aliphatic rings. The van der Waals surface area contributed by atoms with E-state index in [9.17, 15) is 14.4 Å². The monoisotopic (exact) mass is 660 g/mol. The summed E-state index contributed by atoms with van der Waals surface area (Å²) in [5.74, 6) is -3.16. The highest BCUT2D eigenvalue weighted by Crippen LogP contribution is 2.25. The Hall–Kier alpha value is -4.52. The molecular formula is C25H20N6O8S4. The first-order valence-corrected chi connectivity index (χ1v) is 15.7. The average Bonchev–Trinajstić information content (AvgIpc) is 3.76. The lowest BCUT2D eigenvalue weighted by molar-refractivity contribution is 0.0674. The van der Waals surface area contributed by atoms with Gasteiger partial charge in [0.2, 0.25) is 23.1 Å². The van der Waals surface area contributed by atoms with E-state index in [0.29, 0.717) is 37.8 Å². The normalized spacial score (nSPS) is 10.5. The second-order valence-electron chi connectivity index (χ2n) is 7.72. The molecule has 0 aliphatic carbocycles. The smallest absolute Gasteiger partial charge is 0.360 e. The van der Waals surface area contributed by atoms with Crippen LogP contribution in [0.25, 0.3) is 31.0 Å². The summed E-state index contributed by atoms with van der Waals surface area (Å²) < 4.78 is 9.96. The lowest BCUT2D eigenvalue weighted by Crippen LogP contribution is -2.07.